The second kappa shape index (κ2) is 8.89. The van der Waals surface area contributed by atoms with Gasteiger partial charge in [-0.25, -0.2) is 4.98 Å². The maximum atomic E-state index is 9.08. The van der Waals surface area contributed by atoms with Crippen molar-refractivity contribution in [3.8, 4) is 17.2 Å². The average molecular weight is 435 g/mol. The van der Waals surface area contributed by atoms with Gasteiger partial charge in [-0.05, 0) is 73.7 Å². The molecule has 1 aromatic heterocycles. The number of aromatic nitrogens is 2. The van der Waals surface area contributed by atoms with Gasteiger partial charge < -0.3 is 16.4 Å². The number of nitrogens with two attached hydrogens (primary N) is 1. The molecule has 4 N–H and O–H groups in total. The Bertz CT molecular complexity index is 1320. The van der Waals surface area contributed by atoms with Crippen LogP contribution in [0.3, 0.4) is 0 Å². The second-order valence-electron chi connectivity index (χ2n) is 8.72. The number of anilines is 3. The number of hydrogen-bond acceptors (Lipinski definition) is 6. The molecular weight excluding hydrogens is 408 g/mol. The molecule has 0 aliphatic heterocycles. The molecule has 2 atom stereocenters. The van der Waals surface area contributed by atoms with E-state index in [1.807, 2.05) is 36.4 Å². The topological polar surface area (TPSA) is 99.6 Å². The summed E-state index contributed by atoms with van der Waals surface area (Å²) in [5.74, 6) is 1.37. The van der Waals surface area contributed by atoms with Crippen LogP contribution in [0.25, 0.3) is 22.0 Å². The summed E-state index contributed by atoms with van der Waals surface area (Å²) in [4.78, 5) is 9.65. The quantitative estimate of drug-likeness (QED) is 0.383. The number of hydrogen-bond donors (Lipinski definition) is 3. The van der Waals surface area contributed by atoms with Crippen molar-refractivity contribution >= 4 is 28.4 Å². The first-order valence-electron chi connectivity index (χ1n) is 11.3. The van der Waals surface area contributed by atoms with Crippen molar-refractivity contribution in [3.05, 3.63) is 77.9 Å². The normalized spacial score (nSPS) is 17.6. The van der Waals surface area contributed by atoms with Crippen LogP contribution in [0.4, 0.5) is 17.5 Å². The lowest BCUT2D eigenvalue weighted by Gasteiger charge is -2.17. The van der Waals surface area contributed by atoms with Crippen LogP contribution in [-0.2, 0) is 0 Å². The Morgan fingerprint density at radius 2 is 1.70 bits per heavy atom. The highest BCUT2D eigenvalue weighted by atomic mass is 15.2. The van der Waals surface area contributed by atoms with E-state index < -0.39 is 0 Å². The summed E-state index contributed by atoms with van der Waals surface area (Å²) in [5.41, 5.74) is 11.9. The highest BCUT2D eigenvalue weighted by Gasteiger charge is 2.23. The van der Waals surface area contributed by atoms with E-state index in [-0.39, 0.29) is 6.04 Å². The number of nitrogens with zero attached hydrogens (tertiary/aromatic N) is 3. The van der Waals surface area contributed by atoms with E-state index in [0.717, 1.165) is 52.8 Å². The Hall–Kier alpha value is -3.95. The fourth-order valence-corrected chi connectivity index (χ4v) is 4.32. The maximum absolute atomic E-state index is 9.08. The van der Waals surface area contributed by atoms with Gasteiger partial charge in [0.1, 0.15) is 5.82 Å². The Balaban J connectivity index is 1.55. The molecule has 3 aromatic carbocycles. The lowest BCUT2D eigenvalue weighted by atomic mass is 10.0. The summed E-state index contributed by atoms with van der Waals surface area (Å²) in [6.07, 6.45) is 3.00. The van der Waals surface area contributed by atoms with E-state index in [1.54, 1.807) is 0 Å². The van der Waals surface area contributed by atoms with Gasteiger partial charge in [-0.15, -0.1) is 0 Å². The zero-order valence-corrected chi connectivity index (χ0v) is 18.5. The average Bonchev–Trinajstić information content (AvgIpc) is 3.24. The van der Waals surface area contributed by atoms with Crippen molar-refractivity contribution < 1.29 is 0 Å². The van der Waals surface area contributed by atoms with E-state index in [9.17, 15) is 0 Å². The SMILES string of the molecule is Cc1ccc(Nc2nc(NC3CC[C@@H](N)C3)c3ccc(-c4ccc(C#N)cc4)cc3n2)cc1. The standard InChI is InChI=1S/C27H26N6/c1-17-2-10-22(11-3-17)31-27-32-25-14-20(19-6-4-18(16-28)5-7-19)8-13-24(25)26(33-27)30-23-12-9-21(29)15-23/h2-8,10-11,13-14,21,23H,9,12,15,29H2,1H3,(H2,30,31,32,33)/t21-,23?/m1/s1. The molecule has 164 valence electrons. The van der Waals surface area contributed by atoms with E-state index in [4.69, 9.17) is 21.0 Å². The molecule has 4 aromatic rings. The molecule has 0 saturated heterocycles. The van der Waals surface area contributed by atoms with Crippen LogP contribution in [0.15, 0.2) is 66.7 Å². The Morgan fingerprint density at radius 1 is 0.939 bits per heavy atom. The molecule has 5 rings (SSSR count). The van der Waals surface area contributed by atoms with Gasteiger partial charge in [0, 0.05) is 23.2 Å². The van der Waals surface area contributed by atoms with Gasteiger partial charge in [0.2, 0.25) is 5.95 Å². The monoisotopic (exact) mass is 434 g/mol. The molecule has 0 spiro atoms. The molecule has 33 heavy (non-hydrogen) atoms. The van der Waals surface area contributed by atoms with E-state index in [0.29, 0.717) is 17.6 Å². The van der Waals surface area contributed by atoms with Gasteiger partial charge in [0.15, 0.2) is 0 Å². The third-order valence-electron chi connectivity index (χ3n) is 6.17. The molecule has 1 fully saturated rings. The van der Waals surface area contributed by atoms with Crippen molar-refractivity contribution in [2.75, 3.05) is 10.6 Å². The summed E-state index contributed by atoms with van der Waals surface area (Å²) >= 11 is 0. The molecular formula is C27H26N6. The minimum atomic E-state index is 0.240. The van der Waals surface area contributed by atoms with Gasteiger partial charge >= 0.3 is 0 Å². The fraction of sp³-hybridized carbons (Fsp3) is 0.222. The van der Waals surface area contributed by atoms with Crippen molar-refractivity contribution in [1.82, 2.24) is 9.97 Å². The molecule has 0 bridgehead atoms. The molecule has 1 heterocycles. The van der Waals surface area contributed by atoms with Crippen LogP contribution in [-0.4, -0.2) is 22.1 Å². The van der Waals surface area contributed by atoms with E-state index in [2.05, 4.69) is 54.0 Å². The van der Waals surface area contributed by atoms with E-state index in [1.165, 1.54) is 5.56 Å². The van der Waals surface area contributed by atoms with Crippen LogP contribution in [0.2, 0.25) is 0 Å². The first-order chi connectivity index (χ1) is 16.1. The van der Waals surface area contributed by atoms with Crippen LogP contribution < -0.4 is 16.4 Å². The third-order valence-corrected chi connectivity index (χ3v) is 6.17. The van der Waals surface area contributed by atoms with Gasteiger partial charge in [-0.1, -0.05) is 35.9 Å². The number of benzene rings is 3. The Kier molecular flexibility index (Phi) is 5.64. The molecule has 6 heteroatoms. The summed E-state index contributed by atoms with van der Waals surface area (Å²) in [6, 6.07) is 24.7. The van der Waals surface area contributed by atoms with Crippen molar-refractivity contribution in [3.63, 3.8) is 0 Å². The lowest BCUT2D eigenvalue weighted by molar-refractivity contribution is 0.687. The highest BCUT2D eigenvalue weighted by molar-refractivity contribution is 5.93. The Labute approximate surface area is 193 Å². The summed E-state index contributed by atoms with van der Waals surface area (Å²) < 4.78 is 0. The van der Waals surface area contributed by atoms with Gasteiger partial charge in [-0.3, -0.25) is 0 Å². The number of nitriles is 1. The van der Waals surface area contributed by atoms with Gasteiger partial charge in [0.05, 0.1) is 17.1 Å². The molecule has 0 amide bonds. The molecule has 6 nitrogen and oxygen atoms in total. The number of nitrogens with one attached hydrogen (secondary N) is 2. The number of aryl methyl sites for hydroxylation is 1. The predicted octanol–water partition coefficient (Wildman–Crippen LogP) is 5.51. The lowest BCUT2D eigenvalue weighted by Crippen LogP contribution is -2.21. The number of fused-ring (bicyclic) bond motifs is 1. The first-order valence-corrected chi connectivity index (χ1v) is 11.3. The van der Waals surface area contributed by atoms with Crippen LogP contribution in [0.1, 0.15) is 30.4 Å². The van der Waals surface area contributed by atoms with Crippen molar-refractivity contribution in [1.29, 1.82) is 5.26 Å². The Morgan fingerprint density at radius 3 is 2.39 bits per heavy atom. The minimum Gasteiger partial charge on any atom is -0.367 e. The third kappa shape index (κ3) is 4.64. The smallest absolute Gasteiger partial charge is 0.229 e. The van der Waals surface area contributed by atoms with Crippen LogP contribution >= 0.6 is 0 Å². The van der Waals surface area contributed by atoms with Crippen molar-refractivity contribution in [2.24, 2.45) is 5.73 Å². The largest absolute Gasteiger partial charge is 0.367 e. The maximum Gasteiger partial charge on any atom is 0.229 e. The molecule has 1 unspecified atom stereocenters. The zero-order chi connectivity index (χ0) is 22.8. The predicted molar refractivity (Wildman–Crippen MR) is 133 cm³/mol. The van der Waals surface area contributed by atoms with Crippen LogP contribution in [0.5, 0.6) is 0 Å². The zero-order valence-electron chi connectivity index (χ0n) is 18.5. The molecule has 0 radical (unpaired) electrons. The van der Waals surface area contributed by atoms with E-state index >= 15 is 0 Å². The van der Waals surface area contributed by atoms with Crippen LogP contribution in [0, 0.1) is 18.3 Å². The van der Waals surface area contributed by atoms with Crippen molar-refractivity contribution in [2.45, 2.75) is 38.3 Å². The fourth-order valence-electron chi connectivity index (χ4n) is 4.32. The summed E-state index contributed by atoms with van der Waals surface area (Å²) in [6.45, 7) is 2.06. The van der Waals surface area contributed by atoms with Gasteiger partial charge in [-0.2, -0.15) is 10.2 Å². The summed E-state index contributed by atoms with van der Waals surface area (Å²) in [7, 11) is 0. The minimum absolute atomic E-state index is 0.240. The second-order valence-corrected chi connectivity index (χ2v) is 8.72. The highest BCUT2D eigenvalue weighted by Crippen LogP contribution is 2.31. The number of rotatable bonds is 5. The molecule has 1 aliphatic carbocycles. The summed E-state index contributed by atoms with van der Waals surface area (Å²) in [5, 5.41) is 17.0. The first kappa shape index (κ1) is 20.9. The molecule has 1 aliphatic rings. The molecule has 1 saturated carbocycles. The van der Waals surface area contributed by atoms with Gasteiger partial charge in [0.25, 0.3) is 0 Å².